The first-order valence-electron chi connectivity index (χ1n) is 5.61. The zero-order chi connectivity index (χ0) is 10.3. The van der Waals surface area contributed by atoms with E-state index >= 15 is 0 Å². The van der Waals surface area contributed by atoms with Gasteiger partial charge in [0.2, 0.25) is 0 Å². The van der Waals surface area contributed by atoms with Crippen LogP contribution < -0.4 is 10.6 Å². The molecule has 2 heteroatoms. The Morgan fingerprint density at radius 2 is 2.07 bits per heavy atom. The van der Waals surface area contributed by atoms with Gasteiger partial charge in [-0.1, -0.05) is 42.5 Å². The van der Waals surface area contributed by atoms with Gasteiger partial charge in [0.25, 0.3) is 0 Å². The van der Waals surface area contributed by atoms with E-state index in [-0.39, 0.29) is 0 Å². The Balaban J connectivity index is 1.79. The molecule has 0 aliphatic carbocycles. The van der Waals surface area contributed by atoms with E-state index in [1.807, 2.05) is 6.07 Å². The highest BCUT2D eigenvalue weighted by Crippen LogP contribution is 2.03. The van der Waals surface area contributed by atoms with Crippen molar-refractivity contribution in [2.45, 2.75) is 12.5 Å². The van der Waals surface area contributed by atoms with Gasteiger partial charge in [-0.15, -0.1) is 0 Å². The molecule has 1 aromatic rings. The molecule has 15 heavy (non-hydrogen) atoms. The second-order valence-corrected chi connectivity index (χ2v) is 3.90. The Bertz CT molecular complexity index is 300. The minimum Gasteiger partial charge on any atom is -0.314 e. The molecule has 2 rings (SSSR count). The predicted octanol–water partition coefficient (Wildman–Crippen LogP) is 1.65. The normalized spacial score (nSPS) is 22.0. The molecule has 0 bridgehead atoms. The fraction of sp³-hybridized carbons (Fsp3) is 0.385. The average molecular weight is 202 g/mol. The molecule has 1 fully saturated rings. The van der Waals surface area contributed by atoms with E-state index in [2.05, 4.69) is 47.1 Å². The minimum absolute atomic E-state index is 0.596. The first-order chi connectivity index (χ1) is 7.45. The van der Waals surface area contributed by atoms with Crippen LogP contribution in [0.3, 0.4) is 0 Å². The van der Waals surface area contributed by atoms with Crippen LogP contribution in [0, 0.1) is 0 Å². The van der Waals surface area contributed by atoms with Crippen molar-refractivity contribution >= 4 is 6.08 Å². The summed E-state index contributed by atoms with van der Waals surface area (Å²) in [5.41, 5.74) is 1.28. The zero-order valence-corrected chi connectivity index (χ0v) is 8.95. The molecule has 2 nitrogen and oxygen atoms in total. The van der Waals surface area contributed by atoms with Crippen LogP contribution in [0.2, 0.25) is 0 Å². The second-order valence-electron chi connectivity index (χ2n) is 3.90. The lowest BCUT2D eigenvalue weighted by Gasteiger charge is -2.23. The number of benzene rings is 1. The maximum Gasteiger partial charge on any atom is 0.0227 e. The number of nitrogens with one attached hydrogen (secondary N) is 2. The highest BCUT2D eigenvalue weighted by Gasteiger charge is 2.08. The van der Waals surface area contributed by atoms with Gasteiger partial charge in [-0.3, -0.25) is 0 Å². The predicted molar refractivity (Wildman–Crippen MR) is 64.8 cm³/mol. The average Bonchev–Trinajstić information content (AvgIpc) is 2.32. The van der Waals surface area contributed by atoms with E-state index in [9.17, 15) is 0 Å². The second kappa shape index (κ2) is 5.69. The SMILES string of the molecule is C(=Cc1ccccc1)CC1CNCCN1. The summed E-state index contributed by atoms with van der Waals surface area (Å²) in [6.45, 7) is 3.27. The summed E-state index contributed by atoms with van der Waals surface area (Å²) < 4.78 is 0. The van der Waals surface area contributed by atoms with Crippen molar-refractivity contribution in [1.82, 2.24) is 10.6 Å². The molecule has 1 unspecified atom stereocenters. The lowest BCUT2D eigenvalue weighted by Crippen LogP contribution is -2.47. The molecule has 1 aliphatic rings. The molecule has 0 radical (unpaired) electrons. The van der Waals surface area contributed by atoms with E-state index < -0.39 is 0 Å². The van der Waals surface area contributed by atoms with E-state index in [0.717, 1.165) is 26.1 Å². The highest BCUT2D eigenvalue weighted by molar-refractivity contribution is 5.48. The van der Waals surface area contributed by atoms with Gasteiger partial charge in [-0.25, -0.2) is 0 Å². The van der Waals surface area contributed by atoms with Gasteiger partial charge in [0.15, 0.2) is 0 Å². The quantitative estimate of drug-likeness (QED) is 0.779. The molecule has 1 aliphatic heterocycles. The topological polar surface area (TPSA) is 24.1 Å². The monoisotopic (exact) mass is 202 g/mol. The summed E-state index contributed by atoms with van der Waals surface area (Å²) >= 11 is 0. The Morgan fingerprint density at radius 3 is 2.80 bits per heavy atom. The summed E-state index contributed by atoms with van der Waals surface area (Å²) in [5, 5.41) is 6.88. The van der Waals surface area contributed by atoms with Gasteiger partial charge in [0.05, 0.1) is 0 Å². The van der Waals surface area contributed by atoms with Crippen molar-refractivity contribution in [3.63, 3.8) is 0 Å². The molecule has 0 spiro atoms. The van der Waals surface area contributed by atoms with Crippen molar-refractivity contribution in [2.75, 3.05) is 19.6 Å². The van der Waals surface area contributed by atoms with E-state index in [1.54, 1.807) is 0 Å². The molecule has 0 saturated carbocycles. The van der Waals surface area contributed by atoms with Gasteiger partial charge in [-0.2, -0.15) is 0 Å². The van der Waals surface area contributed by atoms with Crippen LogP contribution in [0.15, 0.2) is 36.4 Å². The van der Waals surface area contributed by atoms with Gasteiger partial charge >= 0.3 is 0 Å². The third kappa shape index (κ3) is 3.50. The van der Waals surface area contributed by atoms with E-state index in [0.29, 0.717) is 6.04 Å². The summed E-state index contributed by atoms with van der Waals surface area (Å²) in [7, 11) is 0. The first-order valence-corrected chi connectivity index (χ1v) is 5.61. The number of piperazine rings is 1. The third-order valence-corrected chi connectivity index (χ3v) is 2.66. The van der Waals surface area contributed by atoms with E-state index in [4.69, 9.17) is 0 Å². The molecule has 1 saturated heterocycles. The van der Waals surface area contributed by atoms with Crippen LogP contribution in [0.5, 0.6) is 0 Å². The molecular weight excluding hydrogens is 184 g/mol. The Hall–Kier alpha value is -1.12. The summed E-state index contributed by atoms with van der Waals surface area (Å²) in [6.07, 6.45) is 5.54. The lowest BCUT2D eigenvalue weighted by atomic mass is 10.1. The molecule has 1 atom stereocenters. The maximum absolute atomic E-state index is 3.49. The molecule has 80 valence electrons. The van der Waals surface area contributed by atoms with Crippen LogP contribution >= 0.6 is 0 Å². The van der Waals surface area contributed by atoms with Crippen molar-refractivity contribution in [3.8, 4) is 0 Å². The van der Waals surface area contributed by atoms with Crippen LogP contribution in [0.25, 0.3) is 6.08 Å². The van der Waals surface area contributed by atoms with Crippen molar-refractivity contribution < 1.29 is 0 Å². The zero-order valence-electron chi connectivity index (χ0n) is 8.95. The number of rotatable bonds is 3. The molecule has 1 heterocycles. The third-order valence-electron chi connectivity index (χ3n) is 2.66. The smallest absolute Gasteiger partial charge is 0.0227 e. The molecule has 0 amide bonds. The number of hydrogen-bond donors (Lipinski definition) is 2. The minimum atomic E-state index is 0.596. The van der Waals surface area contributed by atoms with Crippen molar-refractivity contribution in [2.24, 2.45) is 0 Å². The molecule has 0 aromatic heterocycles. The van der Waals surface area contributed by atoms with Gasteiger partial charge < -0.3 is 10.6 Å². The lowest BCUT2D eigenvalue weighted by molar-refractivity contribution is 0.421. The van der Waals surface area contributed by atoms with Gasteiger partial charge in [0, 0.05) is 25.7 Å². The van der Waals surface area contributed by atoms with Crippen molar-refractivity contribution in [1.29, 1.82) is 0 Å². The van der Waals surface area contributed by atoms with Crippen LogP contribution in [0.1, 0.15) is 12.0 Å². The largest absolute Gasteiger partial charge is 0.314 e. The van der Waals surface area contributed by atoms with Gasteiger partial charge in [0.1, 0.15) is 0 Å². The first kappa shape index (κ1) is 10.4. The summed E-state index contributed by atoms with van der Waals surface area (Å²) in [4.78, 5) is 0. The standard InChI is InChI=1S/C13H18N2/c1-2-5-12(6-3-1)7-4-8-13-11-14-9-10-15-13/h1-7,13-15H,8-11H2. The Labute approximate surface area is 91.4 Å². The fourth-order valence-corrected chi connectivity index (χ4v) is 1.81. The van der Waals surface area contributed by atoms with Crippen LogP contribution in [-0.4, -0.2) is 25.7 Å². The van der Waals surface area contributed by atoms with Crippen LogP contribution in [-0.2, 0) is 0 Å². The number of hydrogen-bond acceptors (Lipinski definition) is 2. The Morgan fingerprint density at radius 1 is 1.20 bits per heavy atom. The molecule has 1 aromatic carbocycles. The summed E-state index contributed by atoms with van der Waals surface area (Å²) in [5.74, 6) is 0. The van der Waals surface area contributed by atoms with Gasteiger partial charge in [-0.05, 0) is 12.0 Å². The summed E-state index contributed by atoms with van der Waals surface area (Å²) in [6, 6.07) is 11.0. The Kier molecular flexibility index (Phi) is 3.94. The highest BCUT2D eigenvalue weighted by atomic mass is 15.0. The van der Waals surface area contributed by atoms with E-state index in [1.165, 1.54) is 5.56 Å². The van der Waals surface area contributed by atoms with Crippen molar-refractivity contribution in [3.05, 3.63) is 42.0 Å². The molecular formula is C13H18N2. The van der Waals surface area contributed by atoms with Crippen LogP contribution in [0.4, 0.5) is 0 Å². The molecule has 2 N–H and O–H groups in total. The maximum atomic E-state index is 3.49. The fourth-order valence-electron chi connectivity index (χ4n) is 1.81.